The summed E-state index contributed by atoms with van der Waals surface area (Å²) in [6.45, 7) is 2.59. The quantitative estimate of drug-likeness (QED) is 0.797. The van der Waals surface area contributed by atoms with Gasteiger partial charge >= 0.3 is 0 Å². The van der Waals surface area contributed by atoms with E-state index < -0.39 is 0 Å². The van der Waals surface area contributed by atoms with E-state index >= 15 is 0 Å². The highest BCUT2D eigenvalue weighted by molar-refractivity contribution is 5.33. The summed E-state index contributed by atoms with van der Waals surface area (Å²) >= 11 is 0. The maximum atomic E-state index is 9.52. The molecule has 2 rings (SSSR count). The van der Waals surface area contributed by atoms with E-state index in [1.807, 2.05) is 12.1 Å². The van der Waals surface area contributed by atoms with Crippen LogP contribution < -0.4 is 5.32 Å². The second-order valence-electron chi connectivity index (χ2n) is 4.04. The zero-order valence-electron chi connectivity index (χ0n) is 9.40. The van der Waals surface area contributed by atoms with Gasteiger partial charge in [-0.15, -0.1) is 0 Å². The standard InChI is InChI=1S/C12H17NO3/c1-15-8-12(9-16-6-5-13-12)10-3-2-4-11(14)7-10/h2-4,7,13-14H,5-6,8-9H2,1H3. The number of hydrogen-bond acceptors (Lipinski definition) is 4. The Morgan fingerprint density at radius 2 is 2.44 bits per heavy atom. The average molecular weight is 223 g/mol. The molecular formula is C12H17NO3. The van der Waals surface area contributed by atoms with Gasteiger partial charge in [-0.25, -0.2) is 0 Å². The molecule has 1 atom stereocenters. The van der Waals surface area contributed by atoms with Crippen molar-refractivity contribution in [1.29, 1.82) is 0 Å². The number of benzene rings is 1. The lowest BCUT2D eigenvalue weighted by atomic mass is 9.90. The first-order chi connectivity index (χ1) is 7.77. The number of phenols is 1. The third-order valence-corrected chi connectivity index (χ3v) is 2.85. The van der Waals surface area contributed by atoms with Crippen molar-refractivity contribution in [3.05, 3.63) is 29.8 Å². The normalized spacial score (nSPS) is 25.6. The molecule has 1 aliphatic heterocycles. The Bertz CT molecular complexity index is 342. The van der Waals surface area contributed by atoms with Gasteiger partial charge < -0.3 is 19.9 Å². The van der Waals surface area contributed by atoms with Gasteiger partial charge in [0.25, 0.3) is 0 Å². The van der Waals surface area contributed by atoms with E-state index in [9.17, 15) is 5.11 Å². The Balaban J connectivity index is 2.30. The summed E-state index contributed by atoms with van der Waals surface area (Å²) in [6.07, 6.45) is 0. The van der Waals surface area contributed by atoms with Crippen molar-refractivity contribution in [2.45, 2.75) is 5.54 Å². The van der Waals surface area contributed by atoms with E-state index in [0.29, 0.717) is 19.8 Å². The second-order valence-corrected chi connectivity index (χ2v) is 4.04. The predicted octanol–water partition coefficient (Wildman–Crippen LogP) is 0.854. The highest BCUT2D eigenvalue weighted by atomic mass is 16.5. The maximum absolute atomic E-state index is 9.52. The largest absolute Gasteiger partial charge is 0.508 e. The Kier molecular flexibility index (Phi) is 3.43. The monoisotopic (exact) mass is 223 g/mol. The lowest BCUT2D eigenvalue weighted by molar-refractivity contribution is -0.0148. The van der Waals surface area contributed by atoms with Crippen molar-refractivity contribution in [3.63, 3.8) is 0 Å². The van der Waals surface area contributed by atoms with Gasteiger partial charge in [-0.2, -0.15) is 0 Å². The average Bonchev–Trinajstić information content (AvgIpc) is 2.31. The number of methoxy groups -OCH3 is 1. The van der Waals surface area contributed by atoms with Crippen LogP contribution in [0.5, 0.6) is 5.75 Å². The number of phenolic OH excluding ortho intramolecular Hbond substituents is 1. The van der Waals surface area contributed by atoms with E-state index in [1.54, 1.807) is 19.2 Å². The fourth-order valence-electron chi connectivity index (χ4n) is 2.07. The van der Waals surface area contributed by atoms with Gasteiger partial charge in [-0.3, -0.25) is 0 Å². The number of nitrogens with one attached hydrogen (secondary N) is 1. The van der Waals surface area contributed by atoms with Crippen LogP contribution in [0.1, 0.15) is 5.56 Å². The molecule has 2 N–H and O–H groups in total. The molecule has 1 aromatic carbocycles. The minimum Gasteiger partial charge on any atom is -0.508 e. The zero-order chi connectivity index (χ0) is 11.4. The van der Waals surface area contributed by atoms with E-state index in [0.717, 1.165) is 12.1 Å². The Labute approximate surface area is 95.2 Å². The maximum Gasteiger partial charge on any atom is 0.115 e. The molecule has 1 saturated heterocycles. The first-order valence-corrected chi connectivity index (χ1v) is 5.38. The Morgan fingerprint density at radius 1 is 1.56 bits per heavy atom. The van der Waals surface area contributed by atoms with Crippen LogP contribution in [0.4, 0.5) is 0 Å². The van der Waals surface area contributed by atoms with Crippen molar-refractivity contribution >= 4 is 0 Å². The molecule has 0 aliphatic carbocycles. The molecule has 0 bridgehead atoms. The van der Waals surface area contributed by atoms with Crippen LogP contribution in [0.25, 0.3) is 0 Å². The fourth-order valence-corrected chi connectivity index (χ4v) is 2.07. The molecule has 16 heavy (non-hydrogen) atoms. The van der Waals surface area contributed by atoms with E-state index in [1.165, 1.54) is 0 Å². The van der Waals surface area contributed by atoms with E-state index in [-0.39, 0.29) is 11.3 Å². The molecule has 88 valence electrons. The van der Waals surface area contributed by atoms with Gasteiger partial charge in [-0.1, -0.05) is 12.1 Å². The zero-order valence-corrected chi connectivity index (χ0v) is 9.40. The summed E-state index contributed by atoms with van der Waals surface area (Å²) in [7, 11) is 1.67. The summed E-state index contributed by atoms with van der Waals surface area (Å²) < 4.78 is 10.8. The van der Waals surface area contributed by atoms with Crippen molar-refractivity contribution in [3.8, 4) is 5.75 Å². The van der Waals surface area contributed by atoms with Crippen LogP contribution >= 0.6 is 0 Å². The molecule has 0 spiro atoms. The fraction of sp³-hybridized carbons (Fsp3) is 0.500. The number of rotatable bonds is 3. The molecular weight excluding hydrogens is 206 g/mol. The first kappa shape index (κ1) is 11.4. The van der Waals surface area contributed by atoms with Gasteiger partial charge in [0.2, 0.25) is 0 Å². The molecule has 0 aromatic heterocycles. The predicted molar refractivity (Wildman–Crippen MR) is 60.5 cm³/mol. The highest BCUT2D eigenvalue weighted by Gasteiger charge is 2.34. The van der Waals surface area contributed by atoms with Gasteiger partial charge in [0.15, 0.2) is 0 Å². The SMILES string of the molecule is COCC1(c2cccc(O)c2)COCCN1. The summed E-state index contributed by atoms with van der Waals surface area (Å²) in [5.74, 6) is 0.264. The molecule has 0 radical (unpaired) electrons. The molecule has 1 heterocycles. The highest BCUT2D eigenvalue weighted by Crippen LogP contribution is 2.26. The third kappa shape index (κ3) is 2.19. The minimum absolute atomic E-state index is 0.264. The summed E-state index contributed by atoms with van der Waals surface area (Å²) in [4.78, 5) is 0. The van der Waals surface area contributed by atoms with E-state index in [2.05, 4.69) is 5.32 Å². The molecule has 0 saturated carbocycles. The molecule has 1 aliphatic rings. The molecule has 0 amide bonds. The smallest absolute Gasteiger partial charge is 0.115 e. The van der Waals surface area contributed by atoms with Crippen molar-refractivity contribution in [2.24, 2.45) is 0 Å². The van der Waals surface area contributed by atoms with Crippen molar-refractivity contribution < 1.29 is 14.6 Å². The van der Waals surface area contributed by atoms with Crippen LogP contribution in [0.3, 0.4) is 0 Å². The number of hydrogen-bond donors (Lipinski definition) is 2. The summed E-state index contributed by atoms with van der Waals surface area (Å²) in [5, 5.41) is 12.9. The third-order valence-electron chi connectivity index (χ3n) is 2.85. The van der Waals surface area contributed by atoms with E-state index in [4.69, 9.17) is 9.47 Å². The molecule has 1 unspecified atom stereocenters. The van der Waals surface area contributed by atoms with Gasteiger partial charge in [0.05, 0.1) is 25.4 Å². The first-order valence-electron chi connectivity index (χ1n) is 5.38. The van der Waals surface area contributed by atoms with Crippen LogP contribution in [0.2, 0.25) is 0 Å². The lowest BCUT2D eigenvalue weighted by Gasteiger charge is -2.38. The second kappa shape index (κ2) is 4.82. The summed E-state index contributed by atoms with van der Waals surface area (Å²) in [5.41, 5.74) is 0.653. The number of morpholine rings is 1. The minimum atomic E-state index is -0.342. The van der Waals surface area contributed by atoms with Gasteiger partial charge in [-0.05, 0) is 17.7 Å². The molecule has 1 fully saturated rings. The van der Waals surface area contributed by atoms with Crippen LogP contribution in [0, 0.1) is 0 Å². The van der Waals surface area contributed by atoms with Crippen LogP contribution in [-0.2, 0) is 15.0 Å². The Morgan fingerprint density at radius 3 is 3.06 bits per heavy atom. The molecule has 4 nitrogen and oxygen atoms in total. The van der Waals surface area contributed by atoms with Gasteiger partial charge in [0, 0.05) is 13.7 Å². The van der Waals surface area contributed by atoms with Crippen LogP contribution in [0.15, 0.2) is 24.3 Å². The summed E-state index contributed by atoms with van der Waals surface area (Å²) in [6, 6.07) is 7.22. The topological polar surface area (TPSA) is 50.7 Å². The molecule has 1 aromatic rings. The Hall–Kier alpha value is -1.10. The number of ether oxygens (including phenoxy) is 2. The van der Waals surface area contributed by atoms with Crippen LogP contribution in [-0.4, -0.2) is 38.6 Å². The molecule has 4 heteroatoms. The van der Waals surface area contributed by atoms with Crippen molar-refractivity contribution in [2.75, 3.05) is 33.5 Å². The van der Waals surface area contributed by atoms with Crippen molar-refractivity contribution in [1.82, 2.24) is 5.32 Å². The van der Waals surface area contributed by atoms with Gasteiger partial charge in [0.1, 0.15) is 5.75 Å². The lowest BCUT2D eigenvalue weighted by Crippen LogP contribution is -2.54. The number of aromatic hydroxyl groups is 1.